The van der Waals surface area contributed by atoms with E-state index in [0.29, 0.717) is 10.7 Å². The fraction of sp³-hybridized carbons (Fsp3) is 0.250. The highest BCUT2D eigenvalue weighted by Crippen LogP contribution is 2.19. The number of carbonyl (C=O) groups excluding carboxylic acids is 2. The van der Waals surface area contributed by atoms with E-state index in [0.717, 1.165) is 29.9 Å². The lowest BCUT2D eigenvalue weighted by atomic mass is 10.2. The maximum absolute atomic E-state index is 11.9. The van der Waals surface area contributed by atoms with Gasteiger partial charge in [0.15, 0.2) is 0 Å². The Balaban J connectivity index is 1.90. The Morgan fingerprint density at radius 3 is 2.33 bits per heavy atom. The maximum atomic E-state index is 11.9. The van der Waals surface area contributed by atoms with E-state index >= 15 is 0 Å². The Morgan fingerprint density at radius 1 is 1.07 bits per heavy atom. The molecule has 6 nitrogen and oxygen atoms in total. The lowest BCUT2D eigenvalue weighted by molar-refractivity contribution is -0.136. The largest absolute Gasteiger partial charge is 0.372 e. The van der Waals surface area contributed by atoms with Crippen LogP contribution in [0.15, 0.2) is 47.6 Å². The molecule has 0 fully saturated rings. The standard InChI is InChI=1S/C20H23ClN4O2/c1-4-25(5-2)17-10-7-15(8-11-17)13-22-24-20(27)19(26)23-16-9-6-14(3)18(21)12-16/h6-13H,4-5H2,1-3H3,(H,23,26)(H,24,27)/b22-13+. The number of amides is 2. The van der Waals surface area contributed by atoms with E-state index in [4.69, 9.17) is 11.6 Å². The molecular formula is C20H23ClN4O2. The fourth-order valence-corrected chi connectivity index (χ4v) is 2.62. The van der Waals surface area contributed by atoms with E-state index in [9.17, 15) is 9.59 Å². The van der Waals surface area contributed by atoms with Gasteiger partial charge in [-0.25, -0.2) is 5.43 Å². The summed E-state index contributed by atoms with van der Waals surface area (Å²) >= 11 is 6.00. The molecule has 142 valence electrons. The predicted molar refractivity (Wildman–Crippen MR) is 111 cm³/mol. The smallest absolute Gasteiger partial charge is 0.329 e. The lowest BCUT2D eigenvalue weighted by Gasteiger charge is -2.20. The van der Waals surface area contributed by atoms with Crippen LogP contribution in [0.1, 0.15) is 25.0 Å². The van der Waals surface area contributed by atoms with Crippen LogP contribution in [0.4, 0.5) is 11.4 Å². The van der Waals surface area contributed by atoms with Crippen molar-refractivity contribution in [1.29, 1.82) is 0 Å². The third kappa shape index (κ3) is 5.82. The molecule has 0 atom stereocenters. The minimum absolute atomic E-state index is 0.446. The summed E-state index contributed by atoms with van der Waals surface area (Å²) in [6, 6.07) is 12.8. The first-order chi connectivity index (χ1) is 12.9. The van der Waals surface area contributed by atoms with Crippen molar-refractivity contribution in [2.75, 3.05) is 23.3 Å². The summed E-state index contributed by atoms with van der Waals surface area (Å²) in [5.74, 6) is -1.67. The number of carbonyl (C=O) groups is 2. The van der Waals surface area contributed by atoms with Crippen LogP contribution in [0, 0.1) is 6.92 Å². The van der Waals surface area contributed by atoms with Crippen LogP contribution in [-0.2, 0) is 9.59 Å². The van der Waals surface area contributed by atoms with Crippen molar-refractivity contribution in [3.63, 3.8) is 0 Å². The van der Waals surface area contributed by atoms with Crippen molar-refractivity contribution in [3.8, 4) is 0 Å². The predicted octanol–water partition coefficient (Wildman–Crippen LogP) is 3.58. The van der Waals surface area contributed by atoms with Crippen molar-refractivity contribution >= 4 is 41.0 Å². The number of hydrogen-bond donors (Lipinski definition) is 2. The molecule has 2 amide bonds. The summed E-state index contributed by atoms with van der Waals surface area (Å²) in [5.41, 5.74) is 5.48. The Bertz CT molecular complexity index is 830. The zero-order valence-electron chi connectivity index (χ0n) is 15.6. The van der Waals surface area contributed by atoms with Crippen LogP contribution in [0.5, 0.6) is 0 Å². The van der Waals surface area contributed by atoms with Crippen molar-refractivity contribution < 1.29 is 9.59 Å². The minimum atomic E-state index is -0.859. The average molecular weight is 387 g/mol. The van der Waals surface area contributed by atoms with Crippen LogP contribution >= 0.6 is 11.6 Å². The summed E-state index contributed by atoms with van der Waals surface area (Å²) in [6.45, 7) is 7.92. The van der Waals surface area contributed by atoms with Crippen molar-refractivity contribution in [1.82, 2.24) is 5.43 Å². The van der Waals surface area contributed by atoms with Gasteiger partial charge in [-0.2, -0.15) is 5.10 Å². The van der Waals surface area contributed by atoms with Gasteiger partial charge in [0.25, 0.3) is 0 Å². The van der Waals surface area contributed by atoms with Crippen LogP contribution in [0.3, 0.4) is 0 Å². The molecule has 2 rings (SSSR count). The third-order valence-corrected chi connectivity index (χ3v) is 4.44. The monoisotopic (exact) mass is 386 g/mol. The number of benzene rings is 2. The molecule has 0 aromatic heterocycles. The van der Waals surface area contributed by atoms with Crippen molar-refractivity contribution in [2.24, 2.45) is 5.10 Å². The van der Waals surface area contributed by atoms with Crippen LogP contribution in [0.25, 0.3) is 0 Å². The molecule has 2 N–H and O–H groups in total. The highest BCUT2D eigenvalue weighted by molar-refractivity contribution is 6.39. The van der Waals surface area contributed by atoms with Gasteiger partial charge in [0.1, 0.15) is 0 Å². The zero-order valence-corrected chi connectivity index (χ0v) is 16.4. The summed E-state index contributed by atoms with van der Waals surface area (Å²) in [7, 11) is 0. The summed E-state index contributed by atoms with van der Waals surface area (Å²) < 4.78 is 0. The van der Waals surface area contributed by atoms with E-state index in [1.165, 1.54) is 6.21 Å². The number of nitrogens with one attached hydrogen (secondary N) is 2. The minimum Gasteiger partial charge on any atom is -0.372 e. The second kappa shape index (κ2) is 9.73. The van der Waals surface area contributed by atoms with Gasteiger partial charge in [-0.1, -0.05) is 29.8 Å². The second-order valence-electron chi connectivity index (χ2n) is 5.88. The number of anilines is 2. The third-order valence-electron chi connectivity index (χ3n) is 4.04. The molecule has 0 saturated carbocycles. The number of nitrogens with zero attached hydrogens (tertiary/aromatic N) is 2. The molecule has 2 aromatic carbocycles. The molecule has 0 aliphatic carbocycles. The molecule has 0 radical (unpaired) electrons. The van der Waals surface area contributed by atoms with Gasteiger partial charge < -0.3 is 10.2 Å². The quantitative estimate of drug-likeness (QED) is 0.452. The molecule has 0 aliphatic rings. The Hall–Kier alpha value is -2.86. The van der Waals surface area contributed by atoms with Crippen LogP contribution in [-0.4, -0.2) is 31.1 Å². The Morgan fingerprint density at radius 2 is 1.74 bits per heavy atom. The van der Waals surface area contributed by atoms with E-state index in [1.54, 1.807) is 18.2 Å². The van der Waals surface area contributed by atoms with E-state index in [1.807, 2.05) is 31.2 Å². The second-order valence-corrected chi connectivity index (χ2v) is 6.29. The van der Waals surface area contributed by atoms with E-state index in [-0.39, 0.29) is 0 Å². The molecule has 0 aliphatic heterocycles. The molecule has 27 heavy (non-hydrogen) atoms. The SMILES string of the molecule is CCN(CC)c1ccc(/C=N/NC(=O)C(=O)Nc2ccc(C)c(Cl)c2)cc1. The van der Waals surface area contributed by atoms with Gasteiger partial charge in [-0.15, -0.1) is 0 Å². The first kappa shape index (κ1) is 20.5. The molecule has 2 aromatic rings. The fourth-order valence-electron chi connectivity index (χ4n) is 2.43. The first-order valence-corrected chi connectivity index (χ1v) is 9.08. The molecule has 7 heteroatoms. The highest BCUT2D eigenvalue weighted by atomic mass is 35.5. The lowest BCUT2D eigenvalue weighted by Crippen LogP contribution is -2.32. The summed E-state index contributed by atoms with van der Waals surface area (Å²) in [5, 5.41) is 6.82. The molecule has 0 unspecified atom stereocenters. The molecule has 0 saturated heterocycles. The van der Waals surface area contributed by atoms with Gasteiger partial charge in [0.05, 0.1) is 6.21 Å². The molecule has 0 spiro atoms. The summed E-state index contributed by atoms with van der Waals surface area (Å²) in [4.78, 5) is 26.0. The zero-order chi connectivity index (χ0) is 19.8. The van der Waals surface area contributed by atoms with E-state index in [2.05, 4.69) is 34.6 Å². The number of hydrogen-bond acceptors (Lipinski definition) is 4. The number of hydrazone groups is 1. The summed E-state index contributed by atoms with van der Waals surface area (Å²) in [6.07, 6.45) is 1.49. The van der Waals surface area contributed by atoms with Crippen LogP contribution in [0.2, 0.25) is 5.02 Å². The van der Waals surface area contributed by atoms with Crippen molar-refractivity contribution in [2.45, 2.75) is 20.8 Å². The van der Waals surface area contributed by atoms with Crippen molar-refractivity contribution in [3.05, 3.63) is 58.6 Å². The van der Waals surface area contributed by atoms with Gasteiger partial charge in [-0.3, -0.25) is 9.59 Å². The van der Waals surface area contributed by atoms with Gasteiger partial charge in [-0.05, 0) is 56.2 Å². The number of halogens is 1. The van der Waals surface area contributed by atoms with Gasteiger partial charge in [0.2, 0.25) is 0 Å². The highest BCUT2D eigenvalue weighted by Gasteiger charge is 2.13. The molecule has 0 bridgehead atoms. The molecular weight excluding hydrogens is 364 g/mol. The molecule has 0 heterocycles. The average Bonchev–Trinajstić information content (AvgIpc) is 2.66. The van der Waals surface area contributed by atoms with Gasteiger partial charge >= 0.3 is 11.8 Å². The van der Waals surface area contributed by atoms with E-state index < -0.39 is 11.8 Å². The normalized spacial score (nSPS) is 10.7. The Kier molecular flexibility index (Phi) is 7.37. The first-order valence-electron chi connectivity index (χ1n) is 8.70. The number of aryl methyl sites for hydroxylation is 1. The van der Waals surface area contributed by atoms with Crippen LogP contribution < -0.4 is 15.6 Å². The Labute approximate surface area is 164 Å². The topological polar surface area (TPSA) is 73.8 Å². The maximum Gasteiger partial charge on any atom is 0.329 e. The van der Waals surface area contributed by atoms with Gasteiger partial charge in [0, 0.05) is 29.5 Å². The number of rotatable bonds is 6.